The fourth-order valence-electron chi connectivity index (χ4n) is 4.75. The van der Waals surface area contributed by atoms with Gasteiger partial charge in [-0.15, -0.1) is 0 Å². The minimum absolute atomic E-state index is 0.195. The zero-order chi connectivity index (χ0) is 24.8. The van der Waals surface area contributed by atoms with E-state index >= 15 is 0 Å². The van der Waals surface area contributed by atoms with Gasteiger partial charge in [0.05, 0.1) is 5.69 Å². The Balaban J connectivity index is 1.59. The average Bonchev–Trinajstić information content (AvgIpc) is 2.92. The lowest BCUT2D eigenvalue weighted by Gasteiger charge is -2.33. The highest BCUT2D eigenvalue weighted by atomic mass is 32.2. The molecular weight excluding hydrogens is 464 g/mol. The van der Waals surface area contributed by atoms with Crippen molar-refractivity contribution in [3.63, 3.8) is 0 Å². The number of nitrogens with one attached hydrogen (secondary N) is 2. The van der Waals surface area contributed by atoms with Gasteiger partial charge in [0.25, 0.3) is 11.8 Å². The van der Waals surface area contributed by atoms with Crippen molar-refractivity contribution in [2.24, 2.45) is 0 Å². The Morgan fingerprint density at radius 2 is 1.49 bits per heavy atom. The first-order chi connectivity index (χ1) is 16.9. The van der Waals surface area contributed by atoms with E-state index in [-0.39, 0.29) is 23.3 Å². The standard InChI is InChI=1S/C26H34N4O4S/c1-27-25(31)21-10-8-9-20(17-21)19-28-26(32)22-11-12-23(29-13-4-2-5-14-29)24(18-22)35(33,34)30-15-6-3-7-16-30/h8-12,17-18H,2-7,13-16,19H2,1H3,(H,27,31)(H,28,32). The van der Waals surface area contributed by atoms with Crippen LogP contribution in [-0.2, 0) is 16.6 Å². The van der Waals surface area contributed by atoms with Crippen molar-refractivity contribution in [2.75, 3.05) is 38.1 Å². The third-order valence-electron chi connectivity index (χ3n) is 6.72. The van der Waals surface area contributed by atoms with Crippen LogP contribution < -0.4 is 15.5 Å². The summed E-state index contributed by atoms with van der Waals surface area (Å²) in [7, 11) is -2.15. The second-order valence-corrected chi connectivity index (χ2v) is 11.1. The van der Waals surface area contributed by atoms with Crippen LogP contribution in [0.3, 0.4) is 0 Å². The lowest BCUT2D eigenvalue weighted by molar-refractivity contribution is 0.0948. The van der Waals surface area contributed by atoms with Gasteiger partial charge in [-0.2, -0.15) is 4.31 Å². The summed E-state index contributed by atoms with van der Waals surface area (Å²) in [5.41, 5.74) is 2.29. The molecule has 0 aliphatic carbocycles. The summed E-state index contributed by atoms with van der Waals surface area (Å²) in [6.07, 6.45) is 5.95. The molecule has 2 N–H and O–H groups in total. The van der Waals surface area contributed by atoms with Crippen LogP contribution in [0.25, 0.3) is 0 Å². The smallest absolute Gasteiger partial charge is 0.251 e. The molecule has 4 rings (SSSR count). The van der Waals surface area contributed by atoms with Gasteiger partial charge < -0.3 is 15.5 Å². The van der Waals surface area contributed by atoms with Crippen molar-refractivity contribution < 1.29 is 18.0 Å². The predicted octanol–water partition coefficient (Wildman–Crippen LogP) is 3.14. The van der Waals surface area contributed by atoms with E-state index in [1.807, 2.05) is 6.07 Å². The second-order valence-electron chi connectivity index (χ2n) is 9.16. The molecule has 2 aliphatic heterocycles. The molecule has 0 unspecified atom stereocenters. The molecule has 2 aromatic rings. The van der Waals surface area contributed by atoms with Crippen LogP contribution in [0.15, 0.2) is 47.4 Å². The summed E-state index contributed by atoms with van der Waals surface area (Å²) in [6.45, 7) is 2.89. The van der Waals surface area contributed by atoms with Gasteiger partial charge in [0, 0.05) is 50.9 Å². The monoisotopic (exact) mass is 498 g/mol. The number of amides is 2. The Kier molecular flexibility index (Phi) is 8.07. The minimum Gasteiger partial charge on any atom is -0.370 e. The minimum atomic E-state index is -3.72. The first kappa shape index (κ1) is 25.2. The molecule has 2 saturated heterocycles. The maximum atomic E-state index is 13.7. The van der Waals surface area contributed by atoms with Crippen molar-refractivity contribution >= 4 is 27.5 Å². The van der Waals surface area contributed by atoms with Crippen molar-refractivity contribution in [1.29, 1.82) is 0 Å². The molecule has 0 bridgehead atoms. The van der Waals surface area contributed by atoms with E-state index in [0.717, 1.165) is 57.2 Å². The topological polar surface area (TPSA) is 98.8 Å². The van der Waals surface area contributed by atoms with Crippen LogP contribution in [0, 0.1) is 0 Å². The van der Waals surface area contributed by atoms with Gasteiger partial charge in [0.1, 0.15) is 4.90 Å². The molecule has 0 radical (unpaired) electrons. The number of hydrogen-bond donors (Lipinski definition) is 2. The highest BCUT2D eigenvalue weighted by molar-refractivity contribution is 7.89. The predicted molar refractivity (Wildman–Crippen MR) is 136 cm³/mol. The highest BCUT2D eigenvalue weighted by Crippen LogP contribution is 2.32. The van der Waals surface area contributed by atoms with Crippen LogP contribution in [0.4, 0.5) is 5.69 Å². The van der Waals surface area contributed by atoms with Gasteiger partial charge in [0.2, 0.25) is 10.0 Å². The van der Waals surface area contributed by atoms with E-state index in [1.54, 1.807) is 41.7 Å². The third kappa shape index (κ3) is 5.85. The number of carbonyl (C=O) groups is 2. The van der Waals surface area contributed by atoms with Crippen molar-refractivity contribution in [3.8, 4) is 0 Å². The normalized spacial score (nSPS) is 17.1. The molecule has 0 saturated carbocycles. The number of piperidine rings is 2. The summed E-state index contributed by atoms with van der Waals surface area (Å²) in [6, 6.07) is 12.1. The molecule has 2 heterocycles. The van der Waals surface area contributed by atoms with Gasteiger partial charge in [0.15, 0.2) is 0 Å². The Hall–Kier alpha value is -2.91. The van der Waals surface area contributed by atoms with Gasteiger partial charge in [-0.3, -0.25) is 9.59 Å². The van der Waals surface area contributed by atoms with Crippen LogP contribution in [0.5, 0.6) is 0 Å². The van der Waals surface area contributed by atoms with E-state index in [9.17, 15) is 18.0 Å². The third-order valence-corrected chi connectivity index (χ3v) is 8.65. The Bertz CT molecular complexity index is 1170. The Morgan fingerprint density at radius 3 is 2.17 bits per heavy atom. The van der Waals surface area contributed by atoms with Gasteiger partial charge in [-0.25, -0.2) is 8.42 Å². The number of anilines is 1. The molecule has 2 fully saturated rings. The van der Waals surface area contributed by atoms with E-state index in [0.29, 0.717) is 29.9 Å². The lowest BCUT2D eigenvalue weighted by atomic mass is 10.1. The number of benzene rings is 2. The molecule has 0 spiro atoms. The second kappa shape index (κ2) is 11.2. The zero-order valence-corrected chi connectivity index (χ0v) is 21.1. The van der Waals surface area contributed by atoms with Crippen LogP contribution in [-0.4, -0.2) is 57.8 Å². The number of sulfonamides is 1. The average molecular weight is 499 g/mol. The molecule has 2 aliphatic rings. The number of carbonyl (C=O) groups excluding carboxylic acids is 2. The van der Waals surface area contributed by atoms with Gasteiger partial charge in [-0.1, -0.05) is 18.6 Å². The van der Waals surface area contributed by atoms with Crippen molar-refractivity contribution in [3.05, 3.63) is 59.2 Å². The Morgan fingerprint density at radius 1 is 0.829 bits per heavy atom. The SMILES string of the molecule is CNC(=O)c1cccc(CNC(=O)c2ccc(N3CCCCC3)c(S(=O)(=O)N3CCCCC3)c2)c1. The molecule has 0 aromatic heterocycles. The van der Waals surface area contributed by atoms with E-state index < -0.39 is 10.0 Å². The van der Waals surface area contributed by atoms with Crippen molar-refractivity contribution in [2.45, 2.75) is 50.0 Å². The zero-order valence-electron chi connectivity index (χ0n) is 20.3. The van der Waals surface area contributed by atoms with Gasteiger partial charge >= 0.3 is 0 Å². The van der Waals surface area contributed by atoms with E-state index in [4.69, 9.17) is 0 Å². The molecule has 8 nitrogen and oxygen atoms in total. The summed E-state index contributed by atoms with van der Waals surface area (Å²) >= 11 is 0. The molecule has 2 aromatic carbocycles. The Labute approximate surface area is 207 Å². The molecule has 9 heteroatoms. The quantitative estimate of drug-likeness (QED) is 0.611. The maximum absolute atomic E-state index is 13.7. The number of nitrogens with zero attached hydrogens (tertiary/aromatic N) is 2. The van der Waals surface area contributed by atoms with Crippen LogP contribution >= 0.6 is 0 Å². The summed E-state index contributed by atoms with van der Waals surface area (Å²) < 4.78 is 28.9. The van der Waals surface area contributed by atoms with Crippen LogP contribution in [0.2, 0.25) is 0 Å². The largest absolute Gasteiger partial charge is 0.370 e. The summed E-state index contributed by atoms with van der Waals surface area (Å²) in [4.78, 5) is 27.3. The first-order valence-electron chi connectivity index (χ1n) is 12.4. The summed E-state index contributed by atoms with van der Waals surface area (Å²) in [5, 5.41) is 5.45. The maximum Gasteiger partial charge on any atom is 0.251 e. The number of hydrogen-bond acceptors (Lipinski definition) is 5. The highest BCUT2D eigenvalue weighted by Gasteiger charge is 2.31. The molecule has 35 heavy (non-hydrogen) atoms. The van der Waals surface area contributed by atoms with E-state index in [1.165, 1.54) is 6.07 Å². The first-order valence-corrected chi connectivity index (χ1v) is 13.8. The molecule has 188 valence electrons. The molecule has 0 atom stereocenters. The van der Waals surface area contributed by atoms with Crippen LogP contribution in [0.1, 0.15) is 64.8 Å². The van der Waals surface area contributed by atoms with Gasteiger partial charge in [-0.05, 0) is 68.0 Å². The molecular formula is C26H34N4O4S. The molecule has 2 amide bonds. The fourth-order valence-corrected chi connectivity index (χ4v) is 6.51. The fraction of sp³-hybridized carbons (Fsp3) is 0.462. The lowest BCUT2D eigenvalue weighted by Crippen LogP contribution is -2.38. The summed E-state index contributed by atoms with van der Waals surface area (Å²) in [5.74, 6) is -0.547. The van der Waals surface area contributed by atoms with Crippen molar-refractivity contribution in [1.82, 2.24) is 14.9 Å². The number of rotatable bonds is 7. The van der Waals surface area contributed by atoms with E-state index in [2.05, 4.69) is 15.5 Å².